The number of carbonyl (C=O) groups is 2. The highest BCUT2D eigenvalue weighted by Crippen LogP contribution is 2.28. The van der Waals surface area contributed by atoms with Gasteiger partial charge < -0.3 is 10.6 Å². The van der Waals surface area contributed by atoms with Gasteiger partial charge in [-0.1, -0.05) is 50.6 Å². The van der Waals surface area contributed by atoms with E-state index in [0.717, 1.165) is 49.8 Å². The Bertz CT molecular complexity index is 706. The van der Waals surface area contributed by atoms with Crippen LogP contribution in [0.2, 0.25) is 0 Å². The van der Waals surface area contributed by atoms with Crippen LogP contribution in [-0.4, -0.2) is 24.2 Å². The van der Waals surface area contributed by atoms with E-state index in [2.05, 4.69) is 73.1 Å². The monoisotopic (exact) mass is 414 g/mol. The van der Waals surface area contributed by atoms with Crippen LogP contribution in [0.15, 0.2) is 29.4 Å². The van der Waals surface area contributed by atoms with Crippen LogP contribution in [0, 0.1) is 24.7 Å². The van der Waals surface area contributed by atoms with Crippen molar-refractivity contribution in [1.29, 1.82) is 0 Å². The maximum absolute atomic E-state index is 12.5. The topological polar surface area (TPSA) is 82.6 Å². The van der Waals surface area contributed by atoms with Crippen LogP contribution in [0.4, 0.5) is 4.79 Å². The van der Waals surface area contributed by atoms with E-state index >= 15 is 0 Å². The van der Waals surface area contributed by atoms with Crippen LogP contribution < -0.4 is 16.1 Å². The number of benzene rings is 1. The smallest absolute Gasteiger partial charge is 0.335 e. The number of nitrogens with one attached hydrogen (secondary N) is 3. The summed E-state index contributed by atoms with van der Waals surface area (Å²) in [7, 11) is 0. The predicted octanol–water partition coefficient (Wildman–Crippen LogP) is 4.53. The van der Waals surface area contributed by atoms with Gasteiger partial charge in [-0.05, 0) is 62.8 Å². The van der Waals surface area contributed by atoms with E-state index in [0.29, 0.717) is 24.9 Å². The number of rotatable bonds is 9. The number of carbonyl (C=O) groups excluding carboxylic acids is 2. The van der Waals surface area contributed by atoms with Crippen molar-refractivity contribution >= 4 is 17.6 Å². The van der Waals surface area contributed by atoms with E-state index in [-0.39, 0.29) is 17.9 Å². The lowest BCUT2D eigenvalue weighted by Gasteiger charge is -2.27. The number of amides is 3. The number of nitrogens with zero attached hydrogens (tertiary/aromatic N) is 1. The van der Waals surface area contributed by atoms with Crippen molar-refractivity contribution in [2.75, 3.05) is 6.54 Å². The Morgan fingerprint density at radius 1 is 1.07 bits per heavy atom. The quantitative estimate of drug-likeness (QED) is 0.410. The predicted molar refractivity (Wildman–Crippen MR) is 122 cm³/mol. The highest BCUT2D eigenvalue weighted by molar-refractivity contribution is 5.87. The molecule has 30 heavy (non-hydrogen) atoms. The van der Waals surface area contributed by atoms with Crippen molar-refractivity contribution in [2.45, 2.75) is 72.8 Å². The number of hydrogen-bond acceptors (Lipinski definition) is 3. The second kappa shape index (κ2) is 12.4. The molecule has 6 heteroatoms. The fourth-order valence-corrected chi connectivity index (χ4v) is 3.84. The first kappa shape index (κ1) is 23.9. The molecule has 0 saturated heterocycles. The molecule has 1 fully saturated rings. The van der Waals surface area contributed by atoms with Gasteiger partial charge in [-0.3, -0.25) is 4.79 Å². The molecule has 6 nitrogen and oxygen atoms in total. The molecular formula is C24H38N4O2. The molecule has 3 N–H and O–H groups in total. The summed E-state index contributed by atoms with van der Waals surface area (Å²) < 4.78 is 0. The Labute approximate surface area is 181 Å². The summed E-state index contributed by atoms with van der Waals surface area (Å²) in [5.41, 5.74) is 5.99. The summed E-state index contributed by atoms with van der Waals surface area (Å²) in [5, 5.41) is 10.3. The average Bonchev–Trinajstić information content (AvgIpc) is 2.77. The molecule has 0 heterocycles. The minimum Gasteiger partial charge on any atom is -0.352 e. The molecule has 1 aromatic rings. The third kappa shape index (κ3) is 7.81. The first-order valence-corrected chi connectivity index (χ1v) is 11.4. The summed E-state index contributed by atoms with van der Waals surface area (Å²) in [4.78, 5) is 24.5. The zero-order valence-electron chi connectivity index (χ0n) is 19.0. The van der Waals surface area contributed by atoms with Crippen LogP contribution in [0.1, 0.15) is 70.4 Å². The summed E-state index contributed by atoms with van der Waals surface area (Å²) in [6.45, 7) is 9.57. The molecule has 3 amide bonds. The Kier molecular flexibility index (Phi) is 9.84. The van der Waals surface area contributed by atoms with Crippen LogP contribution in [0.5, 0.6) is 0 Å². The summed E-state index contributed by atoms with van der Waals surface area (Å²) in [6.07, 6.45) is 5.52. The van der Waals surface area contributed by atoms with Crippen LogP contribution in [0.3, 0.4) is 0 Å². The third-order valence-corrected chi connectivity index (χ3v) is 6.20. The molecule has 1 aromatic carbocycles. The lowest BCUT2D eigenvalue weighted by molar-refractivity contribution is -0.126. The molecule has 1 aliphatic rings. The Morgan fingerprint density at radius 3 is 2.33 bits per heavy atom. The molecule has 0 bridgehead atoms. The van der Waals surface area contributed by atoms with E-state index in [1.807, 2.05) is 0 Å². The molecule has 0 unspecified atom stereocenters. The van der Waals surface area contributed by atoms with Crippen molar-refractivity contribution in [3.63, 3.8) is 0 Å². The highest BCUT2D eigenvalue weighted by Gasteiger charge is 2.26. The molecule has 1 aliphatic carbocycles. The van der Waals surface area contributed by atoms with Gasteiger partial charge in [-0.2, -0.15) is 5.10 Å². The number of hydrazone groups is 1. The van der Waals surface area contributed by atoms with Gasteiger partial charge in [0.2, 0.25) is 5.91 Å². The van der Waals surface area contributed by atoms with Gasteiger partial charge in [0, 0.05) is 24.7 Å². The molecule has 2 rings (SSSR count). The van der Waals surface area contributed by atoms with Gasteiger partial charge in [-0.25, -0.2) is 10.2 Å². The summed E-state index contributed by atoms with van der Waals surface area (Å²) in [6, 6.07) is 7.99. The molecular weight excluding hydrogens is 376 g/mol. The standard InChI is InChI=1S/C24H38N4O2/c1-5-18(4)22(6-2)27-28-24(30)26-16-20-11-13-21(14-12-20)23(29)25-15-19-9-7-17(3)8-10-19/h7-10,18,20-21H,5-6,11-16H2,1-4H3,(H,25,29)(H2,26,28,30)/b27-22-/t18-,20?,21?/m0/s1. The Morgan fingerprint density at radius 2 is 1.73 bits per heavy atom. The summed E-state index contributed by atoms with van der Waals surface area (Å²) in [5.74, 6) is 1.02. The van der Waals surface area contributed by atoms with Crippen molar-refractivity contribution in [3.8, 4) is 0 Å². The zero-order chi connectivity index (χ0) is 21.9. The molecule has 0 aliphatic heterocycles. The zero-order valence-corrected chi connectivity index (χ0v) is 19.0. The average molecular weight is 415 g/mol. The Hall–Kier alpha value is -2.37. The fourth-order valence-electron chi connectivity index (χ4n) is 3.84. The summed E-state index contributed by atoms with van der Waals surface area (Å²) >= 11 is 0. The van der Waals surface area contributed by atoms with Crippen LogP contribution in [-0.2, 0) is 11.3 Å². The molecule has 0 spiro atoms. The maximum atomic E-state index is 12.5. The second-order valence-corrected chi connectivity index (χ2v) is 8.51. The molecule has 0 aromatic heterocycles. The van der Waals surface area contributed by atoms with Gasteiger partial charge in [0.05, 0.1) is 0 Å². The van der Waals surface area contributed by atoms with E-state index in [1.54, 1.807) is 0 Å². The van der Waals surface area contributed by atoms with E-state index in [9.17, 15) is 9.59 Å². The van der Waals surface area contributed by atoms with Gasteiger partial charge in [0.25, 0.3) is 0 Å². The third-order valence-electron chi connectivity index (χ3n) is 6.20. The lowest BCUT2D eigenvalue weighted by atomic mass is 9.81. The number of aryl methyl sites for hydroxylation is 1. The maximum Gasteiger partial charge on any atom is 0.335 e. The SMILES string of the molecule is CC/C(=N/NC(=O)NCC1CCC(C(=O)NCc2ccc(C)cc2)CC1)[C@@H](C)CC. The van der Waals surface area contributed by atoms with Crippen LogP contribution >= 0.6 is 0 Å². The largest absolute Gasteiger partial charge is 0.352 e. The number of urea groups is 1. The minimum atomic E-state index is -0.248. The number of hydrogen-bond donors (Lipinski definition) is 3. The van der Waals surface area contributed by atoms with Crippen LogP contribution in [0.25, 0.3) is 0 Å². The van der Waals surface area contributed by atoms with Crippen molar-refractivity contribution in [3.05, 3.63) is 35.4 Å². The molecule has 1 atom stereocenters. The Balaban J connectivity index is 1.66. The fraction of sp³-hybridized carbons (Fsp3) is 0.625. The van der Waals surface area contributed by atoms with E-state index in [4.69, 9.17) is 0 Å². The normalized spacial score (nSPS) is 20.3. The van der Waals surface area contributed by atoms with Gasteiger partial charge >= 0.3 is 6.03 Å². The van der Waals surface area contributed by atoms with E-state index < -0.39 is 0 Å². The second-order valence-electron chi connectivity index (χ2n) is 8.51. The first-order chi connectivity index (χ1) is 14.4. The van der Waals surface area contributed by atoms with Crippen molar-refractivity contribution < 1.29 is 9.59 Å². The lowest BCUT2D eigenvalue weighted by Crippen LogP contribution is -2.39. The first-order valence-electron chi connectivity index (χ1n) is 11.4. The molecule has 166 valence electrons. The van der Waals surface area contributed by atoms with Gasteiger partial charge in [-0.15, -0.1) is 0 Å². The molecule has 1 saturated carbocycles. The van der Waals surface area contributed by atoms with Gasteiger partial charge in [0.15, 0.2) is 0 Å². The minimum absolute atomic E-state index is 0.0766. The van der Waals surface area contributed by atoms with E-state index in [1.165, 1.54) is 5.56 Å². The van der Waals surface area contributed by atoms with Gasteiger partial charge in [0.1, 0.15) is 0 Å². The highest BCUT2D eigenvalue weighted by atomic mass is 16.2. The van der Waals surface area contributed by atoms with Crippen molar-refractivity contribution in [1.82, 2.24) is 16.1 Å². The van der Waals surface area contributed by atoms with Crippen molar-refractivity contribution in [2.24, 2.45) is 22.9 Å². The molecule has 0 radical (unpaired) electrons.